The van der Waals surface area contributed by atoms with Crippen molar-refractivity contribution in [1.29, 1.82) is 0 Å². The Morgan fingerprint density at radius 3 is 2.78 bits per heavy atom. The van der Waals surface area contributed by atoms with Gasteiger partial charge in [0.1, 0.15) is 11.9 Å². The molecule has 0 bridgehead atoms. The Hall–Kier alpha value is -1.79. The lowest BCUT2D eigenvalue weighted by molar-refractivity contribution is 0.0969. The molecular formula is C21H22ClN3OS. The Balaban J connectivity index is 1.33. The predicted molar refractivity (Wildman–Crippen MR) is 112 cm³/mol. The van der Waals surface area contributed by atoms with E-state index in [1.54, 1.807) is 0 Å². The average Bonchev–Trinajstić information content (AvgIpc) is 2.71. The van der Waals surface area contributed by atoms with Crippen LogP contribution in [-0.4, -0.2) is 29.1 Å². The Labute approximate surface area is 168 Å². The zero-order valence-electron chi connectivity index (χ0n) is 15.0. The minimum Gasteiger partial charge on any atom is -0.490 e. The van der Waals surface area contributed by atoms with Crippen molar-refractivity contribution in [3.8, 4) is 5.75 Å². The van der Waals surface area contributed by atoms with Gasteiger partial charge < -0.3 is 4.74 Å². The van der Waals surface area contributed by atoms with Gasteiger partial charge in [-0.1, -0.05) is 17.7 Å². The maximum atomic E-state index is 6.23. The van der Waals surface area contributed by atoms with E-state index < -0.39 is 0 Å². The van der Waals surface area contributed by atoms with E-state index in [0.717, 1.165) is 53.9 Å². The molecule has 1 aliphatic rings. The van der Waals surface area contributed by atoms with Gasteiger partial charge in [0.2, 0.25) is 0 Å². The second kappa shape index (κ2) is 8.48. The lowest BCUT2D eigenvalue weighted by Gasteiger charge is -2.32. The molecule has 0 atom stereocenters. The van der Waals surface area contributed by atoms with Crippen LogP contribution in [0, 0.1) is 0 Å². The number of aromatic nitrogens is 1. The van der Waals surface area contributed by atoms with Crippen LogP contribution in [0.15, 0.2) is 59.8 Å². The molecule has 2 heterocycles. The minimum absolute atomic E-state index is 0.265. The average molecular weight is 400 g/mol. The van der Waals surface area contributed by atoms with Crippen LogP contribution in [0.25, 0.3) is 10.8 Å². The first-order chi connectivity index (χ1) is 13.2. The fourth-order valence-electron chi connectivity index (χ4n) is 3.51. The zero-order chi connectivity index (χ0) is 18.6. The molecule has 27 heavy (non-hydrogen) atoms. The molecule has 6 heteroatoms. The topological polar surface area (TPSA) is 51.4 Å². The Kier molecular flexibility index (Phi) is 5.83. The summed E-state index contributed by atoms with van der Waals surface area (Å²) in [6, 6.07) is 14.3. The summed E-state index contributed by atoms with van der Waals surface area (Å²) in [6.07, 6.45) is 6.01. The van der Waals surface area contributed by atoms with E-state index in [4.69, 9.17) is 21.5 Å². The van der Waals surface area contributed by atoms with E-state index in [1.165, 1.54) is 17.5 Å². The second-order valence-corrected chi connectivity index (χ2v) is 7.94. The monoisotopic (exact) mass is 399 g/mol. The molecule has 4 nitrogen and oxygen atoms in total. The van der Waals surface area contributed by atoms with Gasteiger partial charge >= 0.3 is 0 Å². The normalized spacial score (nSPS) is 15.9. The number of piperidine rings is 1. The van der Waals surface area contributed by atoms with Gasteiger partial charge in [-0.2, -0.15) is 0 Å². The van der Waals surface area contributed by atoms with Crippen LogP contribution in [-0.2, 0) is 6.54 Å². The molecule has 140 valence electrons. The van der Waals surface area contributed by atoms with Crippen LogP contribution >= 0.6 is 23.5 Å². The number of ether oxygens (including phenoxy) is 1. The van der Waals surface area contributed by atoms with Crippen molar-refractivity contribution >= 4 is 34.3 Å². The molecule has 3 aromatic rings. The number of hydrogen-bond donors (Lipinski definition) is 1. The Morgan fingerprint density at radius 1 is 1.11 bits per heavy atom. The lowest BCUT2D eigenvalue weighted by atomic mass is 10.1. The number of halogens is 1. The highest BCUT2D eigenvalue weighted by Gasteiger charge is 2.21. The summed E-state index contributed by atoms with van der Waals surface area (Å²) in [5.74, 6) is 0.939. The standard InChI is InChI=1S/C21H22ClN3OS/c22-20-4-1-15(11-21(20)27-23)14-25-9-6-18(7-10-25)26-19-3-2-17-13-24-8-5-16(17)12-19/h1-5,8,11-13,18H,6-7,9-10,14,23H2. The molecule has 1 saturated heterocycles. The van der Waals surface area contributed by atoms with Gasteiger partial charge in [0, 0.05) is 42.3 Å². The van der Waals surface area contributed by atoms with Gasteiger partial charge in [-0.05, 0) is 72.1 Å². The first-order valence-corrected chi connectivity index (χ1v) is 10.3. The zero-order valence-corrected chi connectivity index (χ0v) is 16.5. The van der Waals surface area contributed by atoms with Gasteiger partial charge in [0.15, 0.2) is 0 Å². The second-order valence-electron chi connectivity index (χ2n) is 6.86. The first kappa shape index (κ1) is 18.6. The van der Waals surface area contributed by atoms with Crippen molar-refractivity contribution < 1.29 is 4.74 Å². The maximum absolute atomic E-state index is 6.23. The van der Waals surface area contributed by atoms with Crippen LogP contribution in [0.4, 0.5) is 0 Å². The number of pyridine rings is 1. The molecule has 0 spiro atoms. The summed E-state index contributed by atoms with van der Waals surface area (Å²) in [7, 11) is 0. The van der Waals surface area contributed by atoms with Gasteiger partial charge in [0.25, 0.3) is 0 Å². The number of nitrogens with two attached hydrogens (primary N) is 1. The summed E-state index contributed by atoms with van der Waals surface area (Å²) in [4.78, 5) is 7.54. The molecular weight excluding hydrogens is 378 g/mol. The van der Waals surface area contributed by atoms with Crippen molar-refractivity contribution in [3.05, 3.63) is 65.4 Å². The number of likely N-dealkylation sites (tertiary alicyclic amines) is 1. The molecule has 0 amide bonds. The SMILES string of the molecule is NSc1cc(CN2CCC(Oc3ccc4cnccc4c3)CC2)ccc1Cl. The van der Waals surface area contributed by atoms with E-state index >= 15 is 0 Å². The summed E-state index contributed by atoms with van der Waals surface area (Å²) < 4.78 is 6.23. The third kappa shape index (κ3) is 4.55. The van der Waals surface area contributed by atoms with Gasteiger partial charge in [0.05, 0.1) is 5.02 Å². The number of nitrogens with zero attached hydrogens (tertiary/aromatic N) is 2. The van der Waals surface area contributed by atoms with Gasteiger partial charge in [-0.15, -0.1) is 0 Å². The number of benzene rings is 2. The minimum atomic E-state index is 0.265. The summed E-state index contributed by atoms with van der Waals surface area (Å²) >= 11 is 7.34. The summed E-state index contributed by atoms with van der Waals surface area (Å²) in [5.41, 5.74) is 1.25. The molecule has 2 aromatic carbocycles. The smallest absolute Gasteiger partial charge is 0.120 e. The van der Waals surface area contributed by atoms with E-state index in [-0.39, 0.29) is 6.10 Å². The number of rotatable bonds is 5. The number of fused-ring (bicyclic) bond motifs is 1. The molecule has 0 radical (unpaired) electrons. The fourth-order valence-corrected chi connectivity index (χ4v) is 4.16. The van der Waals surface area contributed by atoms with Crippen molar-refractivity contribution in [1.82, 2.24) is 9.88 Å². The highest BCUT2D eigenvalue weighted by atomic mass is 35.5. The highest BCUT2D eigenvalue weighted by molar-refractivity contribution is 7.97. The van der Waals surface area contributed by atoms with Crippen molar-refractivity contribution in [3.63, 3.8) is 0 Å². The first-order valence-electron chi connectivity index (χ1n) is 9.09. The highest BCUT2D eigenvalue weighted by Crippen LogP contribution is 2.27. The maximum Gasteiger partial charge on any atom is 0.120 e. The van der Waals surface area contributed by atoms with Crippen LogP contribution in [0.5, 0.6) is 5.75 Å². The van der Waals surface area contributed by atoms with E-state index in [2.05, 4.69) is 34.1 Å². The third-order valence-electron chi connectivity index (χ3n) is 4.98. The van der Waals surface area contributed by atoms with Crippen molar-refractivity contribution in [2.75, 3.05) is 13.1 Å². The van der Waals surface area contributed by atoms with Crippen LogP contribution in [0.1, 0.15) is 18.4 Å². The quantitative estimate of drug-likeness (QED) is 0.618. The molecule has 2 N–H and O–H groups in total. The summed E-state index contributed by atoms with van der Waals surface area (Å²) in [5, 5.41) is 8.69. The molecule has 1 aromatic heterocycles. The van der Waals surface area contributed by atoms with Crippen LogP contribution in [0.3, 0.4) is 0 Å². The predicted octanol–water partition coefficient (Wildman–Crippen LogP) is 4.90. The molecule has 4 rings (SSSR count). The fraction of sp³-hybridized carbons (Fsp3) is 0.286. The van der Waals surface area contributed by atoms with Gasteiger partial charge in [-0.25, -0.2) is 0 Å². The van der Waals surface area contributed by atoms with Crippen molar-refractivity contribution in [2.45, 2.75) is 30.4 Å². The van der Waals surface area contributed by atoms with Crippen LogP contribution in [0.2, 0.25) is 5.02 Å². The lowest BCUT2D eigenvalue weighted by Crippen LogP contribution is -2.37. The molecule has 1 fully saturated rings. The Bertz CT molecular complexity index is 928. The van der Waals surface area contributed by atoms with Crippen molar-refractivity contribution in [2.24, 2.45) is 5.14 Å². The van der Waals surface area contributed by atoms with E-state index in [9.17, 15) is 0 Å². The molecule has 1 aliphatic heterocycles. The van der Waals surface area contributed by atoms with E-state index in [0.29, 0.717) is 5.02 Å². The largest absolute Gasteiger partial charge is 0.490 e. The van der Waals surface area contributed by atoms with Crippen LogP contribution < -0.4 is 9.88 Å². The molecule has 0 unspecified atom stereocenters. The Morgan fingerprint density at radius 2 is 1.96 bits per heavy atom. The molecule has 0 aliphatic carbocycles. The third-order valence-corrected chi connectivity index (χ3v) is 6.01. The summed E-state index contributed by atoms with van der Waals surface area (Å²) in [6.45, 7) is 2.96. The molecule has 0 saturated carbocycles. The number of hydrogen-bond acceptors (Lipinski definition) is 5. The van der Waals surface area contributed by atoms with Gasteiger partial charge in [-0.3, -0.25) is 15.0 Å². The van der Waals surface area contributed by atoms with E-state index in [1.807, 2.05) is 30.6 Å².